The van der Waals surface area contributed by atoms with E-state index in [-0.39, 0.29) is 5.54 Å². The molecule has 5 nitrogen and oxygen atoms in total. The molecule has 0 atom stereocenters. The molecular weight excluding hydrogens is 282 g/mol. The molecule has 1 fully saturated rings. The van der Waals surface area contributed by atoms with E-state index in [0.29, 0.717) is 0 Å². The minimum atomic E-state index is 0.157. The molecule has 0 unspecified atom stereocenters. The maximum Gasteiger partial charge on any atom is 0.226 e. The van der Waals surface area contributed by atoms with Crippen molar-refractivity contribution in [3.05, 3.63) is 11.4 Å². The van der Waals surface area contributed by atoms with E-state index in [2.05, 4.69) is 59.4 Å². The van der Waals surface area contributed by atoms with Crippen LogP contribution in [0.5, 0.6) is 0 Å². The average Bonchev–Trinajstić information content (AvgIpc) is 2.89. The zero-order chi connectivity index (χ0) is 15.0. The van der Waals surface area contributed by atoms with Crippen LogP contribution in [0, 0.1) is 0 Å². The van der Waals surface area contributed by atoms with Crippen molar-refractivity contribution in [2.24, 2.45) is 0 Å². The van der Waals surface area contributed by atoms with Crippen LogP contribution < -0.4 is 10.2 Å². The highest BCUT2D eigenvalue weighted by Crippen LogP contribution is 2.32. The number of aromatic nitrogens is 2. The van der Waals surface area contributed by atoms with Crippen LogP contribution in [0.15, 0.2) is 11.4 Å². The molecule has 0 saturated carbocycles. The molecule has 0 amide bonds. The van der Waals surface area contributed by atoms with E-state index in [1.54, 1.807) is 11.3 Å². The zero-order valence-corrected chi connectivity index (χ0v) is 14.0. The molecule has 1 N–H and O–H groups in total. The Hall–Kier alpha value is -1.40. The third-order valence-corrected chi connectivity index (χ3v) is 5.06. The van der Waals surface area contributed by atoms with Crippen molar-refractivity contribution in [3.63, 3.8) is 0 Å². The Morgan fingerprint density at radius 1 is 1.33 bits per heavy atom. The summed E-state index contributed by atoms with van der Waals surface area (Å²) >= 11 is 1.68. The van der Waals surface area contributed by atoms with Crippen molar-refractivity contribution < 1.29 is 0 Å². The minimum Gasteiger partial charge on any atom is -0.354 e. The number of hydrogen-bond donors (Lipinski definition) is 1. The first-order valence-corrected chi connectivity index (χ1v) is 8.34. The van der Waals surface area contributed by atoms with Gasteiger partial charge in [-0.05, 0) is 39.3 Å². The Balaban J connectivity index is 2.00. The first-order chi connectivity index (χ1) is 10.0. The second-order valence-electron chi connectivity index (χ2n) is 6.20. The third kappa shape index (κ3) is 2.70. The molecule has 6 heteroatoms. The molecule has 0 aliphatic carbocycles. The average molecular weight is 305 g/mol. The number of fused-ring (bicyclic) bond motifs is 1. The fraction of sp³-hybridized carbons (Fsp3) is 0.600. The Labute approximate surface area is 130 Å². The molecule has 0 bridgehead atoms. The van der Waals surface area contributed by atoms with Gasteiger partial charge in [-0.1, -0.05) is 0 Å². The summed E-state index contributed by atoms with van der Waals surface area (Å²) in [4.78, 5) is 15.2. The molecule has 2 aromatic heterocycles. The molecule has 21 heavy (non-hydrogen) atoms. The zero-order valence-electron chi connectivity index (χ0n) is 13.2. The molecule has 114 valence electrons. The summed E-state index contributed by atoms with van der Waals surface area (Å²) in [6.45, 7) is 10.5. The van der Waals surface area contributed by atoms with Gasteiger partial charge in [-0.3, -0.25) is 4.90 Å². The van der Waals surface area contributed by atoms with Gasteiger partial charge in [0.15, 0.2) is 0 Å². The molecule has 3 heterocycles. The van der Waals surface area contributed by atoms with Gasteiger partial charge in [0.05, 0.1) is 5.39 Å². The van der Waals surface area contributed by atoms with Gasteiger partial charge in [-0.2, -0.15) is 4.98 Å². The topological polar surface area (TPSA) is 44.3 Å². The molecule has 1 saturated heterocycles. The summed E-state index contributed by atoms with van der Waals surface area (Å²) in [6, 6.07) is 2.14. The Bertz CT molecular complexity index is 636. The van der Waals surface area contributed by atoms with Gasteiger partial charge >= 0.3 is 0 Å². The second-order valence-corrected chi connectivity index (χ2v) is 7.09. The van der Waals surface area contributed by atoms with Crippen LogP contribution in [0.1, 0.15) is 20.8 Å². The van der Waals surface area contributed by atoms with Gasteiger partial charge in [0.25, 0.3) is 0 Å². The number of thiophene rings is 1. The number of anilines is 2. The van der Waals surface area contributed by atoms with Gasteiger partial charge in [-0.15, -0.1) is 11.3 Å². The third-order valence-electron chi connectivity index (χ3n) is 4.26. The van der Waals surface area contributed by atoms with Gasteiger partial charge in [0, 0.05) is 31.7 Å². The lowest BCUT2D eigenvalue weighted by Gasteiger charge is -2.45. The summed E-state index contributed by atoms with van der Waals surface area (Å²) in [5.41, 5.74) is 0.157. The van der Waals surface area contributed by atoms with E-state index in [9.17, 15) is 0 Å². The second kappa shape index (κ2) is 5.42. The van der Waals surface area contributed by atoms with Gasteiger partial charge in [-0.25, -0.2) is 4.98 Å². The van der Waals surface area contributed by atoms with Crippen molar-refractivity contribution in [1.29, 1.82) is 0 Å². The molecule has 2 aromatic rings. The first-order valence-electron chi connectivity index (χ1n) is 7.46. The lowest BCUT2D eigenvalue weighted by Crippen LogP contribution is -2.58. The lowest BCUT2D eigenvalue weighted by atomic mass is 9.99. The van der Waals surface area contributed by atoms with Gasteiger partial charge in [0.2, 0.25) is 5.95 Å². The van der Waals surface area contributed by atoms with Gasteiger partial charge in [0.1, 0.15) is 10.6 Å². The predicted molar refractivity (Wildman–Crippen MR) is 90.5 cm³/mol. The van der Waals surface area contributed by atoms with E-state index in [4.69, 9.17) is 4.98 Å². The van der Waals surface area contributed by atoms with Crippen LogP contribution in [0.2, 0.25) is 0 Å². The summed E-state index contributed by atoms with van der Waals surface area (Å²) in [5.74, 6) is 1.80. The van der Waals surface area contributed by atoms with Crippen molar-refractivity contribution in [3.8, 4) is 0 Å². The highest BCUT2D eigenvalue weighted by Gasteiger charge is 2.32. The van der Waals surface area contributed by atoms with Crippen LogP contribution >= 0.6 is 11.3 Å². The van der Waals surface area contributed by atoms with Crippen LogP contribution in [0.4, 0.5) is 11.8 Å². The fourth-order valence-corrected chi connectivity index (χ4v) is 3.50. The molecule has 0 radical (unpaired) electrons. The number of rotatable bonds is 3. The monoisotopic (exact) mass is 305 g/mol. The van der Waals surface area contributed by atoms with Crippen LogP contribution in [-0.4, -0.2) is 53.6 Å². The maximum atomic E-state index is 4.77. The highest BCUT2D eigenvalue weighted by molar-refractivity contribution is 7.16. The normalized spacial score (nSPS) is 19.1. The summed E-state index contributed by atoms with van der Waals surface area (Å²) < 4.78 is 0. The smallest absolute Gasteiger partial charge is 0.226 e. The summed E-state index contributed by atoms with van der Waals surface area (Å²) in [7, 11) is 2.20. The van der Waals surface area contributed by atoms with E-state index in [1.165, 1.54) is 5.39 Å². The molecular formula is C15H23N5S. The maximum absolute atomic E-state index is 4.77. The Morgan fingerprint density at radius 3 is 2.86 bits per heavy atom. The Morgan fingerprint density at radius 2 is 2.14 bits per heavy atom. The summed E-state index contributed by atoms with van der Waals surface area (Å²) in [6.07, 6.45) is 0. The van der Waals surface area contributed by atoms with E-state index < -0.39 is 0 Å². The molecule has 1 aliphatic heterocycles. The molecule has 0 aromatic carbocycles. The molecule has 0 spiro atoms. The molecule has 1 aliphatic rings. The van der Waals surface area contributed by atoms with Crippen molar-refractivity contribution in [1.82, 2.24) is 14.9 Å². The lowest BCUT2D eigenvalue weighted by molar-refractivity contribution is 0.138. The number of piperazine rings is 1. The highest BCUT2D eigenvalue weighted by atomic mass is 32.1. The SMILES string of the molecule is CCNc1nc(N2CCN(C)C(C)(C)C2)c2ccsc2n1. The predicted octanol–water partition coefficient (Wildman–Crippen LogP) is 2.65. The standard InChI is InChI=1S/C15H23N5S/c1-5-16-14-17-12(11-6-9-21-13(11)18-14)20-8-7-19(4)15(2,3)10-20/h6,9H,5,7-8,10H2,1-4H3,(H,16,17,18). The van der Waals surface area contributed by atoms with E-state index in [0.717, 1.165) is 42.8 Å². The number of nitrogens with one attached hydrogen (secondary N) is 1. The first kappa shape index (κ1) is 14.5. The summed E-state index contributed by atoms with van der Waals surface area (Å²) in [5, 5.41) is 6.51. The van der Waals surface area contributed by atoms with Crippen molar-refractivity contribution in [2.75, 3.05) is 43.4 Å². The van der Waals surface area contributed by atoms with Crippen molar-refractivity contribution in [2.45, 2.75) is 26.3 Å². The number of likely N-dealkylation sites (N-methyl/N-ethyl adjacent to an activating group) is 1. The Kier molecular flexibility index (Phi) is 3.75. The van der Waals surface area contributed by atoms with Crippen LogP contribution in [0.3, 0.4) is 0 Å². The fourth-order valence-electron chi connectivity index (χ4n) is 2.74. The van der Waals surface area contributed by atoms with Crippen LogP contribution in [0.25, 0.3) is 10.2 Å². The molecule has 3 rings (SSSR count). The number of nitrogens with zero attached hydrogens (tertiary/aromatic N) is 4. The van der Waals surface area contributed by atoms with Gasteiger partial charge < -0.3 is 10.2 Å². The quantitative estimate of drug-likeness (QED) is 0.944. The van der Waals surface area contributed by atoms with E-state index in [1.807, 2.05) is 0 Å². The minimum absolute atomic E-state index is 0.157. The number of hydrogen-bond acceptors (Lipinski definition) is 6. The largest absolute Gasteiger partial charge is 0.354 e. The van der Waals surface area contributed by atoms with Crippen molar-refractivity contribution >= 4 is 33.3 Å². The van der Waals surface area contributed by atoms with E-state index >= 15 is 0 Å². The van der Waals surface area contributed by atoms with Crippen LogP contribution in [-0.2, 0) is 0 Å².